The first-order valence-electron chi connectivity index (χ1n) is 9.53. The van der Waals surface area contributed by atoms with Gasteiger partial charge in [-0.05, 0) is 83.1 Å². The van der Waals surface area contributed by atoms with Gasteiger partial charge in [-0.3, -0.25) is 9.69 Å². The maximum absolute atomic E-state index is 12.7. The molecule has 0 bridgehead atoms. The molecule has 6 heteroatoms. The van der Waals surface area contributed by atoms with Crippen molar-refractivity contribution < 1.29 is 9.53 Å². The normalized spacial score (nSPS) is 17.1. The second-order valence-corrected chi connectivity index (χ2v) is 7.55. The number of likely N-dealkylation sites (N-methyl/N-ethyl adjacent to an activating group) is 1. The number of amides is 1. The standard InChI is InChI=1S/C20H32ClN3O2/c1-16(24-12-9-17(10-13-24)8-11-22-2)20(25)23(3)14-15-26-19-6-4-18(21)5-7-19/h4-7,16-17,22H,8-15H2,1-3H3. The topological polar surface area (TPSA) is 44.8 Å². The van der Waals surface area contributed by atoms with E-state index in [-0.39, 0.29) is 11.9 Å². The van der Waals surface area contributed by atoms with Crippen molar-refractivity contribution in [3.8, 4) is 5.75 Å². The smallest absolute Gasteiger partial charge is 0.239 e. The molecule has 0 spiro atoms. The van der Waals surface area contributed by atoms with Gasteiger partial charge in [-0.2, -0.15) is 0 Å². The molecule has 1 fully saturated rings. The van der Waals surface area contributed by atoms with E-state index in [0.717, 1.165) is 31.3 Å². The van der Waals surface area contributed by atoms with Crippen LogP contribution in [0.4, 0.5) is 0 Å². The monoisotopic (exact) mass is 381 g/mol. The number of carbonyl (C=O) groups is 1. The first kappa shape index (κ1) is 21.0. The summed E-state index contributed by atoms with van der Waals surface area (Å²) < 4.78 is 5.69. The molecule has 26 heavy (non-hydrogen) atoms. The highest BCUT2D eigenvalue weighted by molar-refractivity contribution is 6.30. The van der Waals surface area contributed by atoms with Gasteiger partial charge in [0.25, 0.3) is 0 Å². The lowest BCUT2D eigenvalue weighted by Gasteiger charge is -2.36. The third-order valence-corrected chi connectivity index (χ3v) is 5.49. The average molecular weight is 382 g/mol. The van der Waals surface area contributed by atoms with Crippen LogP contribution in [-0.4, -0.2) is 68.6 Å². The predicted octanol–water partition coefficient (Wildman–Crippen LogP) is 2.89. The predicted molar refractivity (Wildman–Crippen MR) is 107 cm³/mol. The SMILES string of the molecule is CNCCC1CCN(C(C)C(=O)N(C)CCOc2ccc(Cl)cc2)CC1. The Morgan fingerprint density at radius 3 is 2.62 bits per heavy atom. The fraction of sp³-hybridized carbons (Fsp3) is 0.650. The number of nitrogens with one attached hydrogen (secondary N) is 1. The zero-order valence-electron chi connectivity index (χ0n) is 16.2. The lowest BCUT2D eigenvalue weighted by atomic mass is 9.92. The van der Waals surface area contributed by atoms with Gasteiger partial charge in [-0.25, -0.2) is 0 Å². The summed E-state index contributed by atoms with van der Waals surface area (Å²) >= 11 is 5.86. The molecule has 146 valence electrons. The zero-order valence-corrected chi connectivity index (χ0v) is 17.0. The maximum atomic E-state index is 12.7. The van der Waals surface area contributed by atoms with Crippen molar-refractivity contribution in [3.05, 3.63) is 29.3 Å². The number of carbonyl (C=O) groups excluding carboxylic acids is 1. The Kier molecular flexibility index (Phi) is 8.69. The van der Waals surface area contributed by atoms with E-state index in [2.05, 4.69) is 10.2 Å². The van der Waals surface area contributed by atoms with Crippen molar-refractivity contribution in [1.29, 1.82) is 0 Å². The van der Waals surface area contributed by atoms with Gasteiger partial charge in [-0.15, -0.1) is 0 Å². The molecule has 5 nitrogen and oxygen atoms in total. The first-order valence-corrected chi connectivity index (χ1v) is 9.91. The summed E-state index contributed by atoms with van der Waals surface area (Å²) in [4.78, 5) is 16.8. The molecule has 1 aliphatic rings. The van der Waals surface area contributed by atoms with Crippen LogP contribution in [0.15, 0.2) is 24.3 Å². The number of nitrogens with zero attached hydrogens (tertiary/aromatic N) is 2. The largest absolute Gasteiger partial charge is 0.492 e. The van der Waals surface area contributed by atoms with Gasteiger partial charge in [0.1, 0.15) is 12.4 Å². The summed E-state index contributed by atoms with van der Waals surface area (Å²) in [5.74, 6) is 1.72. The number of hydrogen-bond acceptors (Lipinski definition) is 4. The summed E-state index contributed by atoms with van der Waals surface area (Å²) in [6.45, 7) is 6.17. The molecule has 1 amide bonds. The van der Waals surface area contributed by atoms with Crippen LogP contribution in [0, 0.1) is 5.92 Å². The van der Waals surface area contributed by atoms with E-state index in [9.17, 15) is 4.79 Å². The molecule has 1 aliphatic heterocycles. The molecule has 0 saturated carbocycles. The Bertz CT molecular complexity index is 544. The number of hydrogen-bond donors (Lipinski definition) is 1. The number of benzene rings is 1. The van der Waals surface area contributed by atoms with Crippen molar-refractivity contribution in [1.82, 2.24) is 15.1 Å². The number of piperidine rings is 1. The van der Waals surface area contributed by atoms with Crippen LogP contribution in [0.3, 0.4) is 0 Å². The summed E-state index contributed by atoms with van der Waals surface area (Å²) in [5.41, 5.74) is 0. The summed E-state index contributed by atoms with van der Waals surface area (Å²) in [6, 6.07) is 7.21. The van der Waals surface area contributed by atoms with Crippen LogP contribution in [0.1, 0.15) is 26.2 Å². The molecular formula is C20H32ClN3O2. The van der Waals surface area contributed by atoms with Crippen LogP contribution in [0.5, 0.6) is 5.75 Å². The third kappa shape index (κ3) is 6.45. The minimum Gasteiger partial charge on any atom is -0.492 e. The summed E-state index contributed by atoms with van der Waals surface area (Å²) in [7, 11) is 3.85. The Balaban J connectivity index is 1.70. The number of likely N-dealkylation sites (tertiary alicyclic amines) is 1. The Labute approximate surface area is 162 Å². The van der Waals surface area contributed by atoms with Gasteiger partial charge in [0.05, 0.1) is 12.6 Å². The molecule has 0 aromatic heterocycles. The van der Waals surface area contributed by atoms with Crippen LogP contribution in [0.2, 0.25) is 5.02 Å². The van der Waals surface area contributed by atoms with E-state index in [0.29, 0.717) is 18.2 Å². The Morgan fingerprint density at radius 1 is 1.35 bits per heavy atom. The number of halogens is 1. The molecule has 1 unspecified atom stereocenters. The van der Waals surface area contributed by atoms with E-state index in [4.69, 9.17) is 16.3 Å². The van der Waals surface area contributed by atoms with Crippen LogP contribution in [0.25, 0.3) is 0 Å². The summed E-state index contributed by atoms with van der Waals surface area (Å²) in [5, 5.41) is 3.91. The molecule has 1 saturated heterocycles. The van der Waals surface area contributed by atoms with Crippen molar-refractivity contribution >= 4 is 17.5 Å². The minimum atomic E-state index is -0.0687. The number of rotatable bonds is 9. The van der Waals surface area contributed by atoms with E-state index in [1.54, 1.807) is 17.0 Å². The van der Waals surface area contributed by atoms with Crippen LogP contribution >= 0.6 is 11.6 Å². The lowest BCUT2D eigenvalue weighted by molar-refractivity contribution is -0.136. The van der Waals surface area contributed by atoms with Gasteiger partial charge in [0.15, 0.2) is 0 Å². The van der Waals surface area contributed by atoms with Gasteiger partial charge in [0, 0.05) is 12.1 Å². The zero-order chi connectivity index (χ0) is 18.9. The average Bonchev–Trinajstić information content (AvgIpc) is 2.67. The van der Waals surface area contributed by atoms with E-state index >= 15 is 0 Å². The fourth-order valence-electron chi connectivity index (χ4n) is 3.39. The Hall–Kier alpha value is -1.30. The molecule has 1 aromatic rings. The lowest BCUT2D eigenvalue weighted by Crippen LogP contribution is -2.49. The van der Waals surface area contributed by atoms with Gasteiger partial charge >= 0.3 is 0 Å². The van der Waals surface area contributed by atoms with E-state index < -0.39 is 0 Å². The van der Waals surface area contributed by atoms with Crippen molar-refractivity contribution in [2.75, 3.05) is 46.9 Å². The quantitative estimate of drug-likeness (QED) is 0.714. The molecule has 1 aromatic carbocycles. The Morgan fingerprint density at radius 2 is 2.00 bits per heavy atom. The molecule has 2 rings (SSSR count). The maximum Gasteiger partial charge on any atom is 0.239 e. The molecule has 1 N–H and O–H groups in total. The summed E-state index contributed by atoms with van der Waals surface area (Å²) in [6.07, 6.45) is 3.60. The third-order valence-electron chi connectivity index (χ3n) is 5.24. The molecule has 1 atom stereocenters. The van der Waals surface area contributed by atoms with Crippen LogP contribution < -0.4 is 10.1 Å². The minimum absolute atomic E-state index is 0.0687. The van der Waals surface area contributed by atoms with Crippen molar-refractivity contribution in [3.63, 3.8) is 0 Å². The van der Waals surface area contributed by atoms with Crippen LogP contribution in [-0.2, 0) is 4.79 Å². The molecule has 0 aliphatic carbocycles. The van der Waals surface area contributed by atoms with E-state index in [1.165, 1.54) is 19.3 Å². The highest BCUT2D eigenvalue weighted by atomic mass is 35.5. The van der Waals surface area contributed by atoms with Gasteiger partial charge in [-0.1, -0.05) is 11.6 Å². The number of ether oxygens (including phenoxy) is 1. The second kappa shape index (κ2) is 10.8. The van der Waals surface area contributed by atoms with Crippen molar-refractivity contribution in [2.45, 2.75) is 32.2 Å². The highest BCUT2D eigenvalue weighted by Crippen LogP contribution is 2.22. The highest BCUT2D eigenvalue weighted by Gasteiger charge is 2.28. The molecule has 0 radical (unpaired) electrons. The second-order valence-electron chi connectivity index (χ2n) is 7.11. The fourth-order valence-corrected chi connectivity index (χ4v) is 3.52. The molecule has 1 heterocycles. The van der Waals surface area contributed by atoms with Gasteiger partial charge < -0.3 is 15.0 Å². The molecular weight excluding hydrogens is 350 g/mol. The first-order chi connectivity index (χ1) is 12.5. The van der Waals surface area contributed by atoms with Crippen molar-refractivity contribution in [2.24, 2.45) is 5.92 Å². The van der Waals surface area contributed by atoms with Gasteiger partial charge in [0.2, 0.25) is 5.91 Å². The van der Waals surface area contributed by atoms with E-state index in [1.807, 2.05) is 33.2 Å².